The summed E-state index contributed by atoms with van der Waals surface area (Å²) in [6, 6.07) is 6.52. The van der Waals surface area contributed by atoms with Gasteiger partial charge in [-0.05, 0) is 36.8 Å². The highest BCUT2D eigenvalue weighted by molar-refractivity contribution is 5.82. The number of carbonyl (C=O) groups is 2. The number of nitrogens with one attached hydrogen (secondary N) is 1. The summed E-state index contributed by atoms with van der Waals surface area (Å²) < 4.78 is 15.6. The van der Waals surface area contributed by atoms with Gasteiger partial charge in [0.1, 0.15) is 12.4 Å². The van der Waals surface area contributed by atoms with Crippen molar-refractivity contribution in [1.82, 2.24) is 5.43 Å². The lowest BCUT2D eigenvalue weighted by atomic mass is 10.2. The molecule has 0 bridgehead atoms. The first kappa shape index (κ1) is 16.9. The van der Waals surface area contributed by atoms with Crippen LogP contribution in [-0.4, -0.2) is 43.7 Å². The number of benzene rings is 1. The van der Waals surface area contributed by atoms with Crippen molar-refractivity contribution in [2.24, 2.45) is 5.10 Å². The number of rotatable bonds is 7. The number of hydrazone groups is 1. The van der Waals surface area contributed by atoms with Crippen LogP contribution >= 0.6 is 0 Å². The third-order valence-electron chi connectivity index (χ3n) is 3.02. The van der Waals surface area contributed by atoms with Crippen LogP contribution in [0.5, 0.6) is 5.75 Å². The number of aliphatic carboxylic acids is 1. The number of carboxylic acid groups (broad SMARTS) is 1. The van der Waals surface area contributed by atoms with E-state index in [1.807, 2.05) is 0 Å². The predicted octanol–water partition coefficient (Wildman–Crippen LogP) is -0.581. The second-order valence-electron chi connectivity index (χ2n) is 5.03. The molecule has 124 valence electrons. The molecule has 0 radical (unpaired) electrons. The van der Waals surface area contributed by atoms with Crippen LogP contribution < -0.4 is 15.3 Å². The topological polar surface area (TPSA) is 109 Å². The Hall–Kier alpha value is -2.45. The van der Waals surface area contributed by atoms with Crippen LogP contribution in [0.15, 0.2) is 29.4 Å². The van der Waals surface area contributed by atoms with Gasteiger partial charge in [-0.15, -0.1) is 0 Å². The largest absolute Gasteiger partial charge is 0.546 e. The van der Waals surface area contributed by atoms with E-state index < -0.39 is 18.4 Å². The van der Waals surface area contributed by atoms with Gasteiger partial charge in [0.05, 0.1) is 31.8 Å². The SMILES string of the molecule is CC1(CC(=O)N/N=C\c2ccc(OCC(=O)[O-])cc2)OCCO1. The minimum Gasteiger partial charge on any atom is -0.546 e. The second kappa shape index (κ2) is 7.70. The highest BCUT2D eigenvalue weighted by Crippen LogP contribution is 2.22. The zero-order valence-electron chi connectivity index (χ0n) is 12.6. The molecule has 1 aliphatic rings. The van der Waals surface area contributed by atoms with Crippen molar-refractivity contribution in [3.63, 3.8) is 0 Å². The maximum Gasteiger partial charge on any atom is 0.245 e. The van der Waals surface area contributed by atoms with Crippen LogP contribution in [-0.2, 0) is 19.1 Å². The third kappa shape index (κ3) is 5.68. The zero-order valence-corrected chi connectivity index (χ0v) is 12.6. The fourth-order valence-electron chi connectivity index (χ4n) is 1.96. The van der Waals surface area contributed by atoms with Crippen molar-refractivity contribution < 1.29 is 28.9 Å². The van der Waals surface area contributed by atoms with Gasteiger partial charge in [-0.3, -0.25) is 4.79 Å². The summed E-state index contributed by atoms with van der Waals surface area (Å²) in [5.41, 5.74) is 3.10. The highest BCUT2D eigenvalue weighted by Gasteiger charge is 2.33. The van der Waals surface area contributed by atoms with E-state index >= 15 is 0 Å². The third-order valence-corrected chi connectivity index (χ3v) is 3.02. The Morgan fingerprint density at radius 1 is 1.35 bits per heavy atom. The Morgan fingerprint density at radius 2 is 2.00 bits per heavy atom. The Morgan fingerprint density at radius 3 is 2.61 bits per heavy atom. The van der Waals surface area contributed by atoms with Crippen LogP contribution in [0.3, 0.4) is 0 Å². The summed E-state index contributed by atoms with van der Waals surface area (Å²) >= 11 is 0. The lowest BCUT2D eigenvalue weighted by molar-refractivity contribution is -0.307. The van der Waals surface area contributed by atoms with Gasteiger partial charge in [0.15, 0.2) is 5.79 Å². The van der Waals surface area contributed by atoms with Crippen molar-refractivity contribution in [2.45, 2.75) is 19.1 Å². The monoisotopic (exact) mass is 321 g/mol. The van der Waals surface area contributed by atoms with Crippen LogP contribution in [0.2, 0.25) is 0 Å². The van der Waals surface area contributed by atoms with E-state index in [1.165, 1.54) is 6.21 Å². The molecule has 1 aromatic carbocycles. The zero-order chi connectivity index (χ0) is 16.7. The van der Waals surface area contributed by atoms with Crippen molar-refractivity contribution >= 4 is 18.1 Å². The average molecular weight is 321 g/mol. The molecule has 0 aliphatic carbocycles. The molecule has 1 heterocycles. The van der Waals surface area contributed by atoms with Gasteiger partial charge in [0, 0.05) is 0 Å². The van der Waals surface area contributed by atoms with E-state index in [0.717, 1.165) is 0 Å². The smallest absolute Gasteiger partial charge is 0.245 e. The van der Waals surface area contributed by atoms with Crippen LogP contribution in [0.25, 0.3) is 0 Å². The molecule has 0 spiro atoms. The molecule has 0 aromatic heterocycles. The molecule has 1 N–H and O–H groups in total. The summed E-state index contributed by atoms with van der Waals surface area (Å²) in [4.78, 5) is 22.0. The van der Waals surface area contributed by atoms with Crippen LogP contribution in [0, 0.1) is 0 Å². The Kier molecular flexibility index (Phi) is 5.67. The molecule has 23 heavy (non-hydrogen) atoms. The molecule has 1 aromatic rings. The number of carbonyl (C=O) groups excluding carboxylic acids is 2. The summed E-state index contributed by atoms with van der Waals surface area (Å²) in [5.74, 6) is -2.10. The van der Waals surface area contributed by atoms with Gasteiger partial charge in [-0.1, -0.05) is 0 Å². The van der Waals surface area contributed by atoms with Crippen molar-refractivity contribution in [3.05, 3.63) is 29.8 Å². The minimum absolute atomic E-state index is 0.0559. The number of ether oxygens (including phenoxy) is 3. The first-order valence-corrected chi connectivity index (χ1v) is 6.99. The quantitative estimate of drug-likeness (QED) is 0.531. The second-order valence-corrected chi connectivity index (χ2v) is 5.03. The van der Waals surface area contributed by atoms with Gasteiger partial charge in [0.25, 0.3) is 0 Å². The molecule has 1 aliphatic heterocycles. The summed E-state index contributed by atoms with van der Waals surface area (Å²) in [6.07, 6.45) is 1.51. The normalized spacial score (nSPS) is 16.4. The van der Waals surface area contributed by atoms with Crippen LogP contribution in [0.1, 0.15) is 18.9 Å². The van der Waals surface area contributed by atoms with Crippen molar-refractivity contribution in [1.29, 1.82) is 0 Å². The fraction of sp³-hybridized carbons (Fsp3) is 0.400. The molecule has 1 amide bonds. The van der Waals surface area contributed by atoms with E-state index in [-0.39, 0.29) is 12.3 Å². The molecule has 1 fully saturated rings. The average Bonchev–Trinajstić information content (AvgIpc) is 2.92. The predicted molar refractivity (Wildman–Crippen MR) is 77.6 cm³/mol. The van der Waals surface area contributed by atoms with Gasteiger partial charge < -0.3 is 24.1 Å². The molecule has 8 nitrogen and oxygen atoms in total. The maximum absolute atomic E-state index is 11.7. The number of amides is 1. The summed E-state index contributed by atoms with van der Waals surface area (Å²) in [5, 5.41) is 14.1. The number of carboxylic acids is 1. The first-order chi connectivity index (χ1) is 11.0. The first-order valence-electron chi connectivity index (χ1n) is 6.99. The summed E-state index contributed by atoms with van der Waals surface area (Å²) in [6.45, 7) is 2.14. The molecule has 2 rings (SSSR count). The molecule has 0 saturated carbocycles. The summed E-state index contributed by atoms with van der Waals surface area (Å²) in [7, 11) is 0. The van der Waals surface area contributed by atoms with Gasteiger partial charge in [0.2, 0.25) is 5.91 Å². The Balaban J connectivity index is 1.78. The van der Waals surface area contributed by atoms with E-state index in [9.17, 15) is 14.7 Å². The molecule has 0 atom stereocenters. The lowest BCUT2D eigenvalue weighted by Crippen LogP contribution is -2.33. The molecule has 1 saturated heterocycles. The molecule has 8 heteroatoms. The standard InChI is InChI=1S/C15H18N2O6/c1-15(22-6-7-23-15)8-13(18)17-16-9-11-2-4-12(5-3-11)21-10-14(19)20/h2-5,9H,6-8,10H2,1H3,(H,17,18)(H,19,20)/p-1/b16-9-. The number of nitrogens with zero attached hydrogens (tertiary/aromatic N) is 1. The van der Waals surface area contributed by atoms with E-state index in [4.69, 9.17) is 14.2 Å². The lowest BCUT2D eigenvalue weighted by Gasteiger charge is -2.20. The van der Waals surface area contributed by atoms with E-state index in [2.05, 4.69) is 10.5 Å². The van der Waals surface area contributed by atoms with E-state index in [0.29, 0.717) is 24.5 Å². The van der Waals surface area contributed by atoms with Crippen molar-refractivity contribution in [3.8, 4) is 5.75 Å². The van der Waals surface area contributed by atoms with Gasteiger partial charge >= 0.3 is 0 Å². The maximum atomic E-state index is 11.7. The minimum atomic E-state index is -1.29. The highest BCUT2D eigenvalue weighted by atomic mass is 16.7. The van der Waals surface area contributed by atoms with Gasteiger partial charge in [-0.25, -0.2) is 5.43 Å². The van der Waals surface area contributed by atoms with E-state index in [1.54, 1.807) is 31.2 Å². The number of hydrogen-bond donors (Lipinski definition) is 1. The molecular weight excluding hydrogens is 304 g/mol. The van der Waals surface area contributed by atoms with Crippen LogP contribution in [0.4, 0.5) is 0 Å². The van der Waals surface area contributed by atoms with Crippen molar-refractivity contribution in [2.75, 3.05) is 19.8 Å². The number of hydrogen-bond acceptors (Lipinski definition) is 7. The Labute approximate surface area is 133 Å². The molecular formula is C15H17N2O6-. The fourth-order valence-corrected chi connectivity index (χ4v) is 1.96. The molecule has 0 unspecified atom stereocenters. The Bertz CT molecular complexity index is 578. The van der Waals surface area contributed by atoms with Gasteiger partial charge in [-0.2, -0.15) is 5.10 Å².